The van der Waals surface area contributed by atoms with E-state index in [4.69, 9.17) is 16.3 Å². The number of hydrogen-bond donors (Lipinski definition) is 0. The first-order chi connectivity index (χ1) is 26.7. The molecule has 2 aliphatic heterocycles. The fourth-order valence-corrected chi connectivity index (χ4v) is 7.27. The Morgan fingerprint density at radius 2 is 1.38 bits per heavy atom. The number of rotatable bonds is 14. The molecule has 1 atom stereocenters. The van der Waals surface area contributed by atoms with Crippen LogP contribution in [-0.2, 0) is 33.9 Å². The summed E-state index contributed by atoms with van der Waals surface area (Å²) in [5.74, 6) is 0.615. The third-order valence-corrected chi connectivity index (χ3v) is 10.6. The van der Waals surface area contributed by atoms with Crippen LogP contribution in [-0.4, -0.2) is 102 Å². The summed E-state index contributed by atoms with van der Waals surface area (Å²) in [5, 5.41) is 0.715. The van der Waals surface area contributed by atoms with Gasteiger partial charge in [0.1, 0.15) is 11.8 Å². The third-order valence-electron chi connectivity index (χ3n) is 10.4. The molecule has 288 valence electrons. The molecule has 55 heavy (non-hydrogen) atoms. The van der Waals surface area contributed by atoms with E-state index in [1.54, 1.807) is 17.9 Å². The highest BCUT2D eigenvalue weighted by molar-refractivity contribution is 6.30. The number of anilines is 1. The van der Waals surface area contributed by atoms with Crippen LogP contribution in [0.2, 0.25) is 5.02 Å². The van der Waals surface area contributed by atoms with Crippen molar-refractivity contribution in [1.29, 1.82) is 0 Å². The van der Waals surface area contributed by atoms with Gasteiger partial charge in [-0.05, 0) is 71.1 Å². The van der Waals surface area contributed by atoms with E-state index < -0.39 is 6.04 Å². The quantitative estimate of drug-likeness (QED) is 0.132. The fraction of sp³-hybridized carbons (Fsp3) is 0.356. The molecule has 6 rings (SSSR count). The summed E-state index contributed by atoms with van der Waals surface area (Å²) >= 11 is 6.11. The molecule has 4 aromatic rings. The van der Waals surface area contributed by atoms with Crippen LogP contribution in [0.25, 0.3) is 6.08 Å². The monoisotopic (exact) mass is 761 g/mol. The van der Waals surface area contributed by atoms with E-state index in [-0.39, 0.29) is 24.3 Å². The molecule has 2 aliphatic rings. The molecule has 9 nitrogen and oxygen atoms in total. The average Bonchev–Trinajstić information content (AvgIpc) is 3.22. The molecule has 4 aromatic carbocycles. The zero-order valence-corrected chi connectivity index (χ0v) is 32.7. The van der Waals surface area contributed by atoms with Crippen LogP contribution in [0.3, 0.4) is 0 Å². The molecule has 0 saturated carbocycles. The van der Waals surface area contributed by atoms with Gasteiger partial charge in [0, 0.05) is 95.6 Å². The highest BCUT2D eigenvalue weighted by Crippen LogP contribution is 2.23. The van der Waals surface area contributed by atoms with Gasteiger partial charge in [0.15, 0.2) is 0 Å². The van der Waals surface area contributed by atoms with Gasteiger partial charge in [0.05, 0.1) is 6.61 Å². The molecule has 2 heterocycles. The van der Waals surface area contributed by atoms with Crippen LogP contribution in [0.1, 0.15) is 42.5 Å². The number of benzene rings is 4. The second-order valence-electron chi connectivity index (χ2n) is 14.3. The van der Waals surface area contributed by atoms with Crippen LogP contribution >= 0.6 is 11.6 Å². The minimum atomic E-state index is -0.716. The summed E-state index contributed by atoms with van der Waals surface area (Å²) in [4.78, 5) is 51.1. The van der Waals surface area contributed by atoms with Gasteiger partial charge in [0.25, 0.3) is 0 Å². The number of piperazine rings is 2. The Kier molecular flexibility index (Phi) is 14.0. The second kappa shape index (κ2) is 19.5. The van der Waals surface area contributed by atoms with Crippen molar-refractivity contribution >= 4 is 41.1 Å². The van der Waals surface area contributed by atoms with E-state index in [2.05, 4.69) is 28.9 Å². The number of carbonyl (C=O) groups excluding carboxylic acids is 3. The summed E-state index contributed by atoms with van der Waals surface area (Å²) in [6, 6.07) is 33.1. The summed E-state index contributed by atoms with van der Waals surface area (Å²) in [6.07, 6.45) is 4.71. The number of halogens is 1. The van der Waals surface area contributed by atoms with E-state index in [0.717, 1.165) is 67.3 Å². The second-order valence-corrected chi connectivity index (χ2v) is 14.7. The number of amides is 3. The molecule has 0 bridgehead atoms. The van der Waals surface area contributed by atoms with Gasteiger partial charge in [-0.25, -0.2) is 0 Å². The Balaban J connectivity index is 1.23. The van der Waals surface area contributed by atoms with Gasteiger partial charge < -0.3 is 24.3 Å². The average molecular weight is 762 g/mol. The van der Waals surface area contributed by atoms with Crippen molar-refractivity contribution in [3.05, 3.63) is 136 Å². The van der Waals surface area contributed by atoms with Gasteiger partial charge in [-0.3, -0.25) is 19.3 Å². The number of hydrogen-bond acceptors (Lipinski definition) is 6. The number of ether oxygens (including phenoxy) is 1. The van der Waals surface area contributed by atoms with Crippen LogP contribution < -0.4 is 9.64 Å². The molecular weight excluding hydrogens is 710 g/mol. The van der Waals surface area contributed by atoms with Crippen molar-refractivity contribution in [3.8, 4) is 5.75 Å². The first-order valence-corrected chi connectivity index (χ1v) is 19.7. The highest BCUT2D eigenvalue weighted by Gasteiger charge is 2.34. The summed E-state index contributed by atoms with van der Waals surface area (Å²) in [6.45, 7) is 10.9. The van der Waals surface area contributed by atoms with Gasteiger partial charge in [-0.1, -0.05) is 85.3 Å². The van der Waals surface area contributed by atoms with Crippen LogP contribution in [0.5, 0.6) is 5.75 Å². The standard InChI is InChI=1S/C45H52ClN5O4/c1-3-31-55-42-20-13-36(14-21-42)15-22-44(53)51(34-39-11-18-41(19-12-39)49-29-27-48(28-30-49)35(2)52)43(32-37-7-5-4-6-8-37)45(54)50-25-23-47(24-26-50)33-38-9-16-40(46)17-10-38/h4-22,43H,3,23-34H2,1-2H3. The molecule has 2 saturated heterocycles. The Morgan fingerprint density at radius 3 is 2.02 bits per heavy atom. The molecule has 0 N–H and O–H groups in total. The predicted octanol–water partition coefficient (Wildman–Crippen LogP) is 6.80. The summed E-state index contributed by atoms with van der Waals surface area (Å²) < 4.78 is 5.75. The van der Waals surface area contributed by atoms with Gasteiger partial charge in [0.2, 0.25) is 17.7 Å². The van der Waals surface area contributed by atoms with E-state index in [1.165, 1.54) is 5.56 Å². The Hall–Kier alpha value is -5.12. The van der Waals surface area contributed by atoms with Crippen LogP contribution in [0, 0.1) is 0 Å². The highest BCUT2D eigenvalue weighted by atomic mass is 35.5. The third kappa shape index (κ3) is 11.2. The first kappa shape index (κ1) is 39.6. The van der Waals surface area contributed by atoms with E-state index in [0.29, 0.717) is 44.2 Å². The van der Waals surface area contributed by atoms with E-state index >= 15 is 0 Å². The molecule has 2 fully saturated rings. The van der Waals surface area contributed by atoms with Gasteiger partial charge in [-0.2, -0.15) is 0 Å². The normalized spacial score (nSPS) is 15.6. The van der Waals surface area contributed by atoms with E-state index in [9.17, 15) is 14.4 Å². The van der Waals surface area contributed by atoms with Crippen LogP contribution in [0.4, 0.5) is 5.69 Å². The molecule has 10 heteroatoms. The Bertz CT molecular complexity index is 1870. The van der Waals surface area contributed by atoms with Crippen molar-refractivity contribution in [3.63, 3.8) is 0 Å². The largest absolute Gasteiger partial charge is 0.494 e. The molecule has 1 unspecified atom stereocenters. The zero-order valence-electron chi connectivity index (χ0n) is 32.0. The first-order valence-electron chi connectivity index (χ1n) is 19.4. The van der Waals surface area contributed by atoms with Crippen molar-refractivity contribution in [2.75, 3.05) is 63.9 Å². The lowest BCUT2D eigenvalue weighted by molar-refractivity contribution is -0.145. The minimum absolute atomic E-state index is 0.0471. The Morgan fingerprint density at radius 1 is 0.745 bits per heavy atom. The maximum atomic E-state index is 14.7. The molecule has 0 radical (unpaired) electrons. The van der Waals surface area contributed by atoms with Crippen molar-refractivity contribution in [2.24, 2.45) is 0 Å². The predicted molar refractivity (Wildman–Crippen MR) is 220 cm³/mol. The molecule has 3 amide bonds. The minimum Gasteiger partial charge on any atom is -0.494 e. The summed E-state index contributed by atoms with van der Waals surface area (Å²) in [7, 11) is 0. The lowest BCUT2D eigenvalue weighted by Crippen LogP contribution is -2.56. The fourth-order valence-electron chi connectivity index (χ4n) is 7.14. The Labute approximate surface area is 330 Å². The SMILES string of the molecule is CCCOc1ccc(C=CC(=O)N(Cc2ccc(N3CCN(C(C)=O)CC3)cc2)C(Cc2ccccc2)C(=O)N2CCN(Cc3ccc(Cl)cc3)CC2)cc1. The number of carbonyl (C=O) groups is 3. The van der Waals surface area contributed by atoms with Crippen molar-refractivity contribution < 1.29 is 19.1 Å². The zero-order chi connectivity index (χ0) is 38.6. The van der Waals surface area contributed by atoms with Gasteiger partial charge in [-0.15, -0.1) is 0 Å². The number of nitrogens with zero attached hydrogens (tertiary/aromatic N) is 5. The molecule has 0 spiro atoms. The maximum absolute atomic E-state index is 14.7. The van der Waals surface area contributed by atoms with Crippen molar-refractivity contribution in [1.82, 2.24) is 19.6 Å². The maximum Gasteiger partial charge on any atom is 0.247 e. The van der Waals surface area contributed by atoms with Crippen molar-refractivity contribution in [2.45, 2.75) is 45.8 Å². The molecule has 0 aliphatic carbocycles. The lowest BCUT2D eigenvalue weighted by atomic mass is 10.0. The topological polar surface area (TPSA) is 76.6 Å². The smallest absolute Gasteiger partial charge is 0.247 e. The molecule has 0 aromatic heterocycles. The lowest BCUT2D eigenvalue weighted by Gasteiger charge is -2.39. The van der Waals surface area contributed by atoms with Gasteiger partial charge >= 0.3 is 0 Å². The van der Waals surface area contributed by atoms with E-state index in [1.807, 2.05) is 107 Å². The summed E-state index contributed by atoms with van der Waals surface area (Å²) in [5.41, 5.74) is 5.05. The van der Waals surface area contributed by atoms with Crippen LogP contribution in [0.15, 0.2) is 109 Å². The molecular formula is C45H52ClN5O4.